The largest absolute Gasteiger partial charge is 0.373 e. The van der Waals surface area contributed by atoms with Crippen LogP contribution in [0.15, 0.2) is 33.7 Å². The van der Waals surface area contributed by atoms with Crippen molar-refractivity contribution in [3.8, 4) is 0 Å². The summed E-state index contributed by atoms with van der Waals surface area (Å²) < 4.78 is 7.19. The molecule has 2 atom stereocenters. The summed E-state index contributed by atoms with van der Waals surface area (Å²) in [7, 11) is 1.84. The van der Waals surface area contributed by atoms with Gasteiger partial charge < -0.3 is 15.4 Å². The summed E-state index contributed by atoms with van der Waals surface area (Å²) in [4.78, 5) is 6.98. The van der Waals surface area contributed by atoms with E-state index in [-0.39, 0.29) is 35.5 Å². The van der Waals surface area contributed by atoms with Crippen molar-refractivity contribution in [2.45, 2.75) is 43.2 Å². The fraction of sp³-hybridized carbons (Fsp3) is 0.650. The molecule has 1 aromatic rings. The number of halogens is 2. The van der Waals surface area contributed by atoms with E-state index >= 15 is 0 Å². The van der Waals surface area contributed by atoms with Crippen LogP contribution in [-0.4, -0.2) is 62.8 Å². The van der Waals surface area contributed by atoms with Crippen LogP contribution < -0.4 is 10.6 Å². The third-order valence-corrected chi connectivity index (χ3v) is 6.56. The van der Waals surface area contributed by atoms with Gasteiger partial charge in [-0.05, 0) is 49.9 Å². The lowest BCUT2D eigenvalue weighted by molar-refractivity contribution is -0.0453. The number of aliphatic imine (C=N–C) groups is 1. The Morgan fingerprint density at radius 2 is 2.22 bits per heavy atom. The number of rotatable bonds is 5. The molecule has 1 aliphatic carbocycles. The first-order valence-electron chi connectivity index (χ1n) is 9.75. The molecule has 3 fully saturated rings. The number of ether oxygens (including phenoxy) is 1. The summed E-state index contributed by atoms with van der Waals surface area (Å²) in [6.45, 7) is 4.88. The maximum absolute atomic E-state index is 6.03. The summed E-state index contributed by atoms with van der Waals surface area (Å²) in [6.07, 6.45) is 5.32. The van der Waals surface area contributed by atoms with Crippen LogP contribution in [0.3, 0.4) is 0 Å². The summed E-state index contributed by atoms with van der Waals surface area (Å²) in [5.41, 5.74) is 1.66. The molecule has 150 valence electrons. The molecule has 1 aromatic carbocycles. The molecule has 2 aliphatic heterocycles. The lowest BCUT2D eigenvalue weighted by Crippen LogP contribution is -2.51. The lowest BCUT2D eigenvalue weighted by Gasteiger charge is -2.35. The second-order valence-electron chi connectivity index (χ2n) is 7.84. The molecule has 7 heteroatoms. The minimum absolute atomic E-state index is 0. The molecule has 0 radical (unpaired) electrons. The van der Waals surface area contributed by atoms with E-state index in [2.05, 4.69) is 60.7 Å². The number of benzene rings is 1. The first-order chi connectivity index (χ1) is 12.7. The lowest BCUT2D eigenvalue weighted by atomic mass is 9.96. The van der Waals surface area contributed by atoms with Crippen LogP contribution in [0.1, 0.15) is 31.2 Å². The Labute approximate surface area is 187 Å². The molecular weight excluding hydrogens is 519 g/mol. The monoisotopic (exact) mass is 548 g/mol. The molecule has 2 N–H and O–H groups in total. The van der Waals surface area contributed by atoms with Crippen molar-refractivity contribution in [2.75, 3.05) is 39.8 Å². The Balaban J connectivity index is 0.00000210. The maximum Gasteiger partial charge on any atom is 0.191 e. The van der Waals surface area contributed by atoms with Gasteiger partial charge in [0.1, 0.15) is 0 Å². The van der Waals surface area contributed by atoms with Crippen LogP contribution >= 0.6 is 39.9 Å². The normalized spacial score (nSPS) is 26.8. The van der Waals surface area contributed by atoms with E-state index in [9.17, 15) is 0 Å². The summed E-state index contributed by atoms with van der Waals surface area (Å²) in [5, 5.41) is 6.99. The van der Waals surface area contributed by atoms with E-state index < -0.39 is 0 Å². The zero-order valence-corrected chi connectivity index (χ0v) is 19.8. The van der Waals surface area contributed by atoms with E-state index in [1.54, 1.807) is 0 Å². The van der Waals surface area contributed by atoms with Crippen molar-refractivity contribution >= 4 is 45.9 Å². The van der Waals surface area contributed by atoms with Crippen LogP contribution in [0.25, 0.3) is 0 Å². The predicted octanol–water partition coefficient (Wildman–Crippen LogP) is 3.13. The molecule has 0 bridgehead atoms. The number of hydrogen-bond donors (Lipinski definition) is 2. The molecule has 1 saturated carbocycles. The van der Waals surface area contributed by atoms with Gasteiger partial charge in [0.2, 0.25) is 0 Å². The van der Waals surface area contributed by atoms with Gasteiger partial charge in [-0.15, -0.1) is 24.0 Å². The Morgan fingerprint density at radius 3 is 2.96 bits per heavy atom. The number of morpholine rings is 1. The maximum atomic E-state index is 6.03. The molecule has 0 aromatic heterocycles. The van der Waals surface area contributed by atoms with E-state index in [1.807, 2.05) is 7.05 Å². The van der Waals surface area contributed by atoms with Gasteiger partial charge in [0.25, 0.3) is 0 Å². The molecule has 2 saturated heterocycles. The van der Waals surface area contributed by atoms with Crippen LogP contribution in [0.2, 0.25) is 0 Å². The number of nitrogens with one attached hydrogen (secondary N) is 2. The molecule has 0 spiro atoms. The van der Waals surface area contributed by atoms with Gasteiger partial charge in [-0.3, -0.25) is 9.89 Å². The van der Waals surface area contributed by atoms with Gasteiger partial charge in [-0.1, -0.05) is 28.1 Å². The molecule has 2 heterocycles. The van der Waals surface area contributed by atoms with Gasteiger partial charge in [-0.25, -0.2) is 0 Å². The first kappa shape index (κ1) is 21.3. The van der Waals surface area contributed by atoms with Crippen molar-refractivity contribution in [3.63, 3.8) is 0 Å². The second kappa shape index (κ2) is 9.41. The highest BCUT2D eigenvalue weighted by molar-refractivity contribution is 14.0. The van der Waals surface area contributed by atoms with Gasteiger partial charge in [-0.2, -0.15) is 0 Å². The zero-order valence-electron chi connectivity index (χ0n) is 15.9. The number of nitrogens with zero attached hydrogens (tertiary/aromatic N) is 2. The molecule has 4 rings (SSSR count). The van der Waals surface area contributed by atoms with E-state index in [1.165, 1.54) is 37.8 Å². The average Bonchev–Trinajstić information content (AvgIpc) is 3.31. The fourth-order valence-electron chi connectivity index (χ4n) is 4.23. The summed E-state index contributed by atoms with van der Waals surface area (Å²) in [5.74, 6) is 0.874. The van der Waals surface area contributed by atoms with E-state index in [4.69, 9.17) is 4.74 Å². The van der Waals surface area contributed by atoms with E-state index in [0.29, 0.717) is 6.04 Å². The molecule has 0 amide bonds. The smallest absolute Gasteiger partial charge is 0.191 e. The van der Waals surface area contributed by atoms with E-state index in [0.717, 1.165) is 36.7 Å². The van der Waals surface area contributed by atoms with Crippen LogP contribution in [0.4, 0.5) is 0 Å². The van der Waals surface area contributed by atoms with Crippen LogP contribution in [0.5, 0.6) is 0 Å². The summed E-state index contributed by atoms with van der Waals surface area (Å²) >= 11 is 3.59. The first-order valence-corrected chi connectivity index (χ1v) is 10.5. The molecule has 5 nitrogen and oxygen atoms in total. The minimum atomic E-state index is 0. The average molecular weight is 549 g/mol. The quantitative estimate of drug-likeness (QED) is 0.337. The fourth-order valence-corrected chi connectivity index (χ4v) is 4.63. The standard InChI is InChI=1S/C20H29BrN4O.HI/c1-22-19(23-11-18-12-25-9-3-6-17(25)13-26-18)24-14-20(7-8-20)15-4-2-5-16(21)10-15;/h2,4-5,10,17-18H,3,6-9,11-14H2,1H3,(H2,22,23,24);1H. The number of hydrogen-bond acceptors (Lipinski definition) is 3. The molecule has 3 aliphatic rings. The highest BCUT2D eigenvalue weighted by Gasteiger charge is 2.44. The van der Waals surface area contributed by atoms with Gasteiger partial charge in [0, 0.05) is 42.6 Å². The highest BCUT2D eigenvalue weighted by atomic mass is 127. The molecule has 27 heavy (non-hydrogen) atoms. The summed E-state index contributed by atoms with van der Waals surface area (Å²) in [6, 6.07) is 9.34. The highest BCUT2D eigenvalue weighted by Crippen LogP contribution is 2.48. The van der Waals surface area contributed by atoms with Crippen LogP contribution in [0, 0.1) is 0 Å². The van der Waals surface area contributed by atoms with Gasteiger partial charge in [0.15, 0.2) is 5.96 Å². The topological polar surface area (TPSA) is 48.9 Å². The van der Waals surface area contributed by atoms with Crippen molar-refractivity contribution in [3.05, 3.63) is 34.3 Å². The molecular formula is C20H30BrIN4O. The van der Waals surface area contributed by atoms with Crippen molar-refractivity contribution in [2.24, 2.45) is 4.99 Å². The Bertz CT molecular complexity index is 667. The SMILES string of the molecule is CN=C(NCC1CN2CCCC2CO1)NCC1(c2cccc(Br)c2)CC1.I. The van der Waals surface area contributed by atoms with Crippen molar-refractivity contribution in [1.29, 1.82) is 0 Å². The predicted molar refractivity (Wildman–Crippen MR) is 124 cm³/mol. The Hall–Kier alpha value is -0.380. The number of fused-ring (bicyclic) bond motifs is 1. The zero-order chi connectivity index (χ0) is 18.0. The van der Waals surface area contributed by atoms with Gasteiger partial charge >= 0.3 is 0 Å². The Morgan fingerprint density at radius 1 is 1.37 bits per heavy atom. The third kappa shape index (κ3) is 5.16. The molecule has 2 unspecified atom stereocenters. The van der Waals surface area contributed by atoms with Crippen LogP contribution in [-0.2, 0) is 10.2 Å². The third-order valence-electron chi connectivity index (χ3n) is 6.07. The van der Waals surface area contributed by atoms with Gasteiger partial charge in [0.05, 0.1) is 12.7 Å². The van der Waals surface area contributed by atoms with Crippen molar-refractivity contribution < 1.29 is 4.74 Å². The Kier molecular flexibility index (Phi) is 7.44. The minimum Gasteiger partial charge on any atom is -0.373 e. The van der Waals surface area contributed by atoms with Crippen molar-refractivity contribution in [1.82, 2.24) is 15.5 Å². The number of guanidine groups is 1. The second-order valence-corrected chi connectivity index (χ2v) is 8.76.